The standard InChI is InChI=1S/C24H26N4O/c29-22(25-15-21-27-26-20-8-4-5-9-28(20)21)24-13-17-10-18(14-24)12-23(11-17,16-24)19-6-2-1-3-7-19/h1-9,17-18H,10-16H2,(H,25,29). The van der Waals surface area contributed by atoms with Gasteiger partial charge in [0.15, 0.2) is 11.5 Å². The van der Waals surface area contributed by atoms with Crippen molar-refractivity contribution in [1.29, 1.82) is 0 Å². The summed E-state index contributed by atoms with van der Waals surface area (Å²) in [5, 5.41) is 11.7. The van der Waals surface area contributed by atoms with E-state index in [1.165, 1.54) is 24.8 Å². The van der Waals surface area contributed by atoms with E-state index in [4.69, 9.17) is 0 Å². The Hall–Kier alpha value is -2.69. The van der Waals surface area contributed by atoms with Crippen molar-refractivity contribution in [3.63, 3.8) is 0 Å². The first-order chi connectivity index (χ1) is 14.2. The molecule has 1 N–H and O–H groups in total. The van der Waals surface area contributed by atoms with Crippen molar-refractivity contribution < 1.29 is 4.79 Å². The summed E-state index contributed by atoms with van der Waals surface area (Å²) in [6.07, 6.45) is 8.83. The third-order valence-corrected chi connectivity index (χ3v) is 7.72. The second-order valence-electron chi connectivity index (χ2n) is 9.62. The van der Waals surface area contributed by atoms with Crippen LogP contribution >= 0.6 is 0 Å². The predicted molar refractivity (Wildman–Crippen MR) is 110 cm³/mol. The van der Waals surface area contributed by atoms with E-state index < -0.39 is 0 Å². The highest BCUT2D eigenvalue weighted by Gasteiger charge is 2.60. The van der Waals surface area contributed by atoms with Crippen molar-refractivity contribution in [2.24, 2.45) is 17.3 Å². The molecule has 2 unspecified atom stereocenters. The lowest BCUT2D eigenvalue weighted by molar-refractivity contribution is -0.149. The molecule has 3 aromatic rings. The second kappa shape index (κ2) is 6.15. The number of carbonyl (C=O) groups is 1. The highest BCUT2D eigenvalue weighted by atomic mass is 16.2. The van der Waals surface area contributed by atoms with E-state index in [2.05, 4.69) is 45.8 Å². The Morgan fingerprint density at radius 1 is 1.00 bits per heavy atom. The van der Waals surface area contributed by atoms with Gasteiger partial charge in [-0.3, -0.25) is 9.20 Å². The van der Waals surface area contributed by atoms with Gasteiger partial charge in [0.1, 0.15) is 0 Å². The van der Waals surface area contributed by atoms with E-state index in [9.17, 15) is 4.79 Å². The van der Waals surface area contributed by atoms with Gasteiger partial charge in [-0.1, -0.05) is 36.4 Å². The third-order valence-electron chi connectivity index (χ3n) is 7.72. The molecular weight excluding hydrogens is 360 g/mol. The highest BCUT2D eigenvalue weighted by Crippen LogP contribution is 2.65. The number of aromatic nitrogens is 3. The lowest BCUT2D eigenvalue weighted by atomic mass is 9.42. The Balaban J connectivity index is 1.27. The average molecular weight is 386 g/mol. The summed E-state index contributed by atoms with van der Waals surface area (Å²) >= 11 is 0. The molecule has 29 heavy (non-hydrogen) atoms. The predicted octanol–water partition coefficient (Wildman–Crippen LogP) is 3.88. The minimum atomic E-state index is -0.222. The molecular formula is C24H26N4O. The van der Waals surface area contributed by atoms with Gasteiger partial charge in [-0.2, -0.15) is 0 Å². The molecule has 1 aromatic carbocycles. The second-order valence-corrected chi connectivity index (χ2v) is 9.62. The Bertz CT molecular complexity index is 1060. The number of benzene rings is 1. The van der Waals surface area contributed by atoms with Gasteiger partial charge >= 0.3 is 0 Å². The van der Waals surface area contributed by atoms with Gasteiger partial charge in [0, 0.05) is 6.20 Å². The maximum absolute atomic E-state index is 13.5. The Morgan fingerprint density at radius 3 is 2.55 bits per heavy atom. The molecule has 7 rings (SSSR count). The molecule has 5 heteroatoms. The number of hydrogen-bond donors (Lipinski definition) is 1. The molecule has 2 heterocycles. The van der Waals surface area contributed by atoms with Crippen LogP contribution in [0.5, 0.6) is 0 Å². The summed E-state index contributed by atoms with van der Waals surface area (Å²) in [5.41, 5.74) is 2.22. The van der Waals surface area contributed by atoms with Crippen molar-refractivity contribution in [3.8, 4) is 0 Å². The van der Waals surface area contributed by atoms with Crippen LogP contribution in [-0.2, 0) is 16.8 Å². The molecule has 4 bridgehead atoms. The number of amides is 1. The van der Waals surface area contributed by atoms with Crippen molar-refractivity contribution in [3.05, 3.63) is 66.1 Å². The summed E-state index contributed by atoms with van der Waals surface area (Å²) in [6.45, 7) is 0.430. The lowest BCUT2D eigenvalue weighted by Crippen LogP contribution is -2.59. The van der Waals surface area contributed by atoms with E-state index in [0.29, 0.717) is 18.4 Å². The molecule has 2 atom stereocenters. The molecule has 4 fully saturated rings. The zero-order valence-corrected chi connectivity index (χ0v) is 16.6. The number of rotatable bonds is 4. The maximum Gasteiger partial charge on any atom is 0.226 e. The summed E-state index contributed by atoms with van der Waals surface area (Å²) < 4.78 is 1.95. The number of nitrogens with zero attached hydrogens (tertiary/aromatic N) is 3. The van der Waals surface area contributed by atoms with Gasteiger partial charge in [-0.15, -0.1) is 10.2 Å². The highest BCUT2D eigenvalue weighted by molar-refractivity contribution is 5.83. The van der Waals surface area contributed by atoms with Crippen LogP contribution in [0.15, 0.2) is 54.7 Å². The SMILES string of the molecule is O=C(NCc1nnc2ccccn12)C12CC3CC(C1)CC(c1ccccc1)(C3)C2. The van der Waals surface area contributed by atoms with Crippen molar-refractivity contribution in [2.75, 3.05) is 0 Å². The Morgan fingerprint density at radius 2 is 1.76 bits per heavy atom. The first kappa shape index (κ1) is 17.2. The van der Waals surface area contributed by atoms with Crippen LogP contribution in [0, 0.1) is 17.3 Å². The number of nitrogens with one attached hydrogen (secondary N) is 1. The van der Waals surface area contributed by atoms with E-state index in [1.54, 1.807) is 0 Å². The molecule has 0 spiro atoms. The zero-order chi connectivity index (χ0) is 19.5. The van der Waals surface area contributed by atoms with Gasteiger partial charge in [-0.05, 0) is 73.5 Å². The third kappa shape index (κ3) is 2.63. The molecule has 1 amide bonds. The smallest absolute Gasteiger partial charge is 0.226 e. The molecule has 4 saturated carbocycles. The monoisotopic (exact) mass is 386 g/mol. The first-order valence-electron chi connectivity index (χ1n) is 10.8. The minimum Gasteiger partial charge on any atom is -0.348 e. The Labute approximate surface area is 170 Å². The first-order valence-corrected chi connectivity index (χ1v) is 10.8. The summed E-state index contributed by atoms with van der Waals surface area (Å²) in [6, 6.07) is 16.8. The normalized spacial score (nSPS) is 32.6. The molecule has 4 aliphatic carbocycles. The van der Waals surface area contributed by atoms with Gasteiger partial charge in [0.05, 0.1) is 12.0 Å². The number of fused-ring (bicyclic) bond motifs is 1. The molecule has 0 radical (unpaired) electrons. The van der Waals surface area contributed by atoms with E-state index in [-0.39, 0.29) is 16.7 Å². The molecule has 148 valence electrons. The van der Waals surface area contributed by atoms with Gasteiger partial charge in [0.25, 0.3) is 0 Å². The van der Waals surface area contributed by atoms with Crippen LogP contribution in [0.1, 0.15) is 49.9 Å². The maximum atomic E-state index is 13.5. The lowest BCUT2D eigenvalue weighted by Gasteiger charge is -2.61. The molecule has 0 saturated heterocycles. The summed E-state index contributed by atoms with van der Waals surface area (Å²) in [4.78, 5) is 13.5. The number of pyridine rings is 1. The van der Waals surface area contributed by atoms with Crippen molar-refractivity contribution in [1.82, 2.24) is 19.9 Å². The van der Waals surface area contributed by atoms with Crippen molar-refractivity contribution in [2.45, 2.75) is 50.5 Å². The van der Waals surface area contributed by atoms with E-state index in [1.807, 2.05) is 28.8 Å². The van der Waals surface area contributed by atoms with Crippen molar-refractivity contribution >= 4 is 11.6 Å². The summed E-state index contributed by atoms with van der Waals surface area (Å²) in [5.74, 6) is 2.36. The van der Waals surface area contributed by atoms with Gasteiger partial charge in [-0.25, -0.2) is 0 Å². The van der Waals surface area contributed by atoms with Crippen LogP contribution < -0.4 is 5.32 Å². The average Bonchev–Trinajstić information content (AvgIpc) is 3.15. The van der Waals surface area contributed by atoms with E-state index in [0.717, 1.165) is 30.7 Å². The summed E-state index contributed by atoms with van der Waals surface area (Å²) in [7, 11) is 0. The zero-order valence-electron chi connectivity index (χ0n) is 16.6. The fourth-order valence-electron chi connectivity index (χ4n) is 7.02. The van der Waals surface area contributed by atoms with Crippen LogP contribution in [-0.4, -0.2) is 20.5 Å². The van der Waals surface area contributed by atoms with E-state index >= 15 is 0 Å². The van der Waals surface area contributed by atoms with Crippen LogP contribution in [0.4, 0.5) is 0 Å². The van der Waals surface area contributed by atoms with Crippen LogP contribution in [0.25, 0.3) is 5.65 Å². The van der Waals surface area contributed by atoms with Gasteiger partial charge in [0.2, 0.25) is 5.91 Å². The fourth-order valence-corrected chi connectivity index (χ4v) is 7.02. The Kier molecular flexibility index (Phi) is 3.65. The van der Waals surface area contributed by atoms with Gasteiger partial charge < -0.3 is 5.32 Å². The fraction of sp³-hybridized carbons (Fsp3) is 0.458. The molecule has 5 nitrogen and oxygen atoms in total. The molecule has 0 aliphatic heterocycles. The molecule has 4 aliphatic rings. The quantitative estimate of drug-likeness (QED) is 0.740. The molecule has 2 aromatic heterocycles. The van der Waals surface area contributed by atoms with Crippen LogP contribution in [0.3, 0.4) is 0 Å². The number of hydrogen-bond acceptors (Lipinski definition) is 3. The van der Waals surface area contributed by atoms with Crippen LogP contribution in [0.2, 0.25) is 0 Å². The topological polar surface area (TPSA) is 59.3 Å². The largest absolute Gasteiger partial charge is 0.348 e. The number of carbonyl (C=O) groups excluding carboxylic acids is 1. The minimum absolute atomic E-state index is 0.185.